The number of hydrogen-bond donors (Lipinski definition) is 0. The summed E-state index contributed by atoms with van der Waals surface area (Å²) in [7, 11) is 0. The quantitative estimate of drug-likeness (QED) is 0.718. The van der Waals surface area contributed by atoms with Gasteiger partial charge in [0.05, 0.1) is 12.3 Å². The van der Waals surface area contributed by atoms with Gasteiger partial charge in [-0.1, -0.05) is 41.9 Å². The highest BCUT2D eigenvalue weighted by atomic mass is 35.5. The van der Waals surface area contributed by atoms with Crippen molar-refractivity contribution in [3.8, 4) is 5.69 Å². The summed E-state index contributed by atoms with van der Waals surface area (Å²) in [6, 6.07) is 14.3. The zero-order valence-electron chi connectivity index (χ0n) is 12.8. The fourth-order valence-electron chi connectivity index (χ4n) is 3.07. The Kier molecular flexibility index (Phi) is 3.63. The predicted octanol–water partition coefficient (Wildman–Crippen LogP) is 3.85. The highest BCUT2D eigenvalue weighted by molar-refractivity contribution is 6.31. The first kappa shape index (κ1) is 14.4. The molecule has 5 heteroatoms. The van der Waals surface area contributed by atoms with Crippen molar-refractivity contribution in [3.63, 3.8) is 0 Å². The molecular formula is C18H16ClN3O. The number of fused-ring (bicyclic) bond motifs is 3. The van der Waals surface area contributed by atoms with E-state index >= 15 is 0 Å². The Morgan fingerprint density at radius 1 is 1.09 bits per heavy atom. The molecule has 0 fully saturated rings. The number of halogens is 1. The van der Waals surface area contributed by atoms with Gasteiger partial charge in [0.1, 0.15) is 12.4 Å². The summed E-state index contributed by atoms with van der Waals surface area (Å²) in [5, 5.41) is 9.15. The third-order valence-electron chi connectivity index (χ3n) is 4.18. The van der Waals surface area contributed by atoms with Crippen molar-refractivity contribution >= 4 is 11.6 Å². The fraction of sp³-hybridized carbons (Fsp3) is 0.222. The summed E-state index contributed by atoms with van der Waals surface area (Å²) in [5.41, 5.74) is 4.52. The van der Waals surface area contributed by atoms with E-state index in [9.17, 15) is 0 Å². The summed E-state index contributed by atoms with van der Waals surface area (Å²) in [5.74, 6) is 1.69. The Bertz CT molecular complexity index is 858. The van der Waals surface area contributed by atoms with Gasteiger partial charge in [-0.2, -0.15) is 0 Å². The molecule has 0 spiro atoms. The van der Waals surface area contributed by atoms with Gasteiger partial charge in [0.15, 0.2) is 5.82 Å². The molecule has 2 aromatic carbocycles. The Balaban J connectivity index is 1.88. The highest BCUT2D eigenvalue weighted by Gasteiger charge is 2.22. The molecule has 23 heavy (non-hydrogen) atoms. The zero-order valence-corrected chi connectivity index (χ0v) is 13.5. The molecule has 4 nitrogen and oxygen atoms in total. The third kappa shape index (κ3) is 2.54. The number of nitrogens with zero attached hydrogens (tertiary/aromatic N) is 3. The molecule has 0 saturated heterocycles. The van der Waals surface area contributed by atoms with E-state index in [0.717, 1.165) is 39.9 Å². The van der Waals surface area contributed by atoms with E-state index in [0.29, 0.717) is 13.2 Å². The van der Waals surface area contributed by atoms with E-state index in [2.05, 4.69) is 26.9 Å². The van der Waals surface area contributed by atoms with E-state index < -0.39 is 0 Å². The van der Waals surface area contributed by atoms with Crippen molar-refractivity contribution in [2.24, 2.45) is 0 Å². The number of benzene rings is 2. The average Bonchev–Trinajstić information content (AvgIpc) is 2.82. The predicted molar refractivity (Wildman–Crippen MR) is 88.8 cm³/mol. The van der Waals surface area contributed by atoms with E-state index in [1.807, 2.05) is 37.3 Å². The molecule has 0 saturated carbocycles. The van der Waals surface area contributed by atoms with E-state index in [-0.39, 0.29) is 0 Å². The number of ether oxygens (including phenoxy) is 1. The molecule has 0 unspecified atom stereocenters. The van der Waals surface area contributed by atoms with Gasteiger partial charge in [-0.3, -0.25) is 4.57 Å². The molecule has 3 aromatic rings. The van der Waals surface area contributed by atoms with Crippen LogP contribution in [-0.2, 0) is 24.4 Å². The lowest BCUT2D eigenvalue weighted by Gasteiger charge is -2.16. The van der Waals surface area contributed by atoms with Crippen LogP contribution in [0.2, 0.25) is 5.02 Å². The van der Waals surface area contributed by atoms with Gasteiger partial charge in [-0.25, -0.2) is 0 Å². The van der Waals surface area contributed by atoms with E-state index in [1.165, 1.54) is 5.56 Å². The number of hydrogen-bond acceptors (Lipinski definition) is 3. The average molecular weight is 326 g/mol. The van der Waals surface area contributed by atoms with E-state index in [4.69, 9.17) is 16.3 Å². The molecule has 1 aliphatic heterocycles. The minimum atomic E-state index is 0.456. The standard InChI is InChI=1S/C18H16ClN3O/c1-12-20-21-18-11-23-10-15-14(9-13-5-3-2-4-6-13)16(19)7-8-17(15)22(12)18/h2-8H,9-11H2,1H3. The largest absolute Gasteiger partial charge is 0.369 e. The zero-order chi connectivity index (χ0) is 15.8. The van der Waals surface area contributed by atoms with Crippen LogP contribution in [0.15, 0.2) is 42.5 Å². The normalized spacial score (nSPS) is 13.3. The maximum Gasteiger partial charge on any atom is 0.163 e. The molecule has 1 aromatic heterocycles. The van der Waals surface area contributed by atoms with Crippen LogP contribution in [0.5, 0.6) is 0 Å². The number of aromatic nitrogens is 3. The molecule has 0 radical (unpaired) electrons. The van der Waals surface area contributed by atoms with Gasteiger partial charge in [0.2, 0.25) is 0 Å². The van der Waals surface area contributed by atoms with Gasteiger partial charge >= 0.3 is 0 Å². The second kappa shape index (κ2) is 5.80. The number of rotatable bonds is 2. The Morgan fingerprint density at radius 2 is 1.91 bits per heavy atom. The van der Waals surface area contributed by atoms with Gasteiger partial charge in [-0.15, -0.1) is 10.2 Å². The van der Waals surface area contributed by atoms with Crippen LogP contribution >= 0.6 is 11.6 Å². The Morgan fingerprint density at radius 3 is 2.74 bits per heavy atom. The van der Waals surface area contributed by atoms with Crippen LogP contribution in [0.3, 0.4) is 0 Å². The minimum Gasteiger partial charge on any atom is -0.369 e. The molecule has 4 rings (SSSR count). The minimum absolute atomic E-state index is 0.456. The second-order valence-corrected chi connectivity index (χ2v) is 6.08. The van der Waals surface area contributed by atoms with Gasteiger partial charge < -0.3 is 4.74 Å². The van der Waals surface area contributed by atoms with Crippen LogP contribution in [0, 0.1) is 6.92 Å². The molecular weight excluding hydrogens is 310 g/mol. The molecule has 0 N–H and O–H groups in total. The Labute approximate surface area is 139 Å². The highest BCUT2D eigenvalue weighted by Crippen LogP contribution is 2.32. The fourth-order valence-corrected chi connectivity index (χ4v) is 3.32. The summed E-state index contributed by atoms with van der Waals surface area (Å²) in [4.78, 5) is 0. The maximum atomic E-state index is 6.51. The summed E-state index contributed by atoms with van der Waals surface area (Å²) < 4.78 is 7.87. The van der Waals surface area contributed by atoms with Crippen molar-refractivity contribution < 1.29 is 4.74 Å². The molecule has 0 bridgehead atoms. The van der Waals surface area contributed by atoms with Gasteiger partial charge in [-0.05, 0) is 36.6 Å². The molecule has 116 valence electrons. The van der Waals surface area contributed by atoms with Crippen molar-refractivity contribution in [3.05, 3.63) is 75.8 Å². The topological polar surface area (TPSA) is 39.9 Å². The summed E-state index contributed by atoms with van der Waals surface area (Å²) >= 11 is 6.51. The van der Waals surface area contributed by atoms with Crippen LogP contribution in [0.4, 0.5) is 0 Å². The van der Waals surface area contributed by atoms with Gasteiger partial charge in [0.25, 0.3) is 0 Å². The second-order valence-electron chi connectivity index (χ2n) is 5.68. The SMILES string of the molecule is Cc1nnc2n1-c1ccc(Cl)c(Cc3ccccc3)c1COC2. The van der Waals surface area contributed by atoms with Crippen molar-refractivity contribution in [1.29, 1.82) is 0 Å². The monoisotopic (exact) mass is 325 g/mol. The molecule has 0 aliphatic carbocycles. The number of aryl methyl sites for hydroxylation is 1. The van der Waals surface area contributed by atoms with Crippen LogP contribution < -0.4 is 0 Å². The lowest BCUT2D eigenvalue weighted by Crippen LogP contribution is -2.06. The molecule has 2 heterocycles. The van der Waals surface area contributed by atoms with Crippen molar-refractivity contribution in [1.82, 2.24) is 14.8 Å². The first-order valence-corrected chi connectivity index (χ1v) is 7.95. The van der Waals surface area contributed by atoms with Crippen molar-refractivity contribution in [2.45, 2.75) is 26.6 Å². The van der Waals surface area contributed by atoms with Crippen molar-refractivity contribution in [2.75, 3.05) is 0 Å². The lowest BCUT2D eigenvalue weighted by atomic mass is 9.98. The van der Waals surface area contributed by atoms with Gasteiger partial charge in [0, 0.05) is 10.6 Å². The lowest BCUT2D eigenvalue weighted by molar-refractivity contribution is 0.104. The molecule has 0 atom stereocenters. The first-order chi connectivity index (χ1) is 11.2. The summed E-state index contributed by atoms with van der Waals surface area (Å²) in [6.45, 7) is 2.94. The van der Waals surface area contributed by atoms with Crippen LogP contribution in [0.1, 0.15) is 28.3 Å². The Hall–Kier alpha value is -2.17. The first-order valence-electron chi connectivity index (χ1n) is 7.57. The van der Waals surface area contributed by atoms with E-state index in [1.54, 1.807) is 0 Å². The molecule has 1 aliphatic rings. The summed E-state index contributed by atoms with van der Waals surface area (Å²) in [6.07, 6.45) is 0.780. The smallest absolute Gasteiger partial charge is 0.163 e. The third-order valence-corrected chi connectivity index (χ3v) is 4.54. The van der Waals surface area contributed by atoms with Crippen LogP contribution in [-0.4, -0.2) is 14.8 Å². The maximum absolute atomic E-state index is 6.51. The molecule has 0 amide bonds. The van der Waals surface area contributed by atoms with Crippen LogP contribution in [0.25, 0.3) is 5.69 Å².